The molecule has 0 saturated carbocycles. The van der Waals surface area contributed by atoms with Gasteiger partial charge in [0.15, 0.2) is 0 Å². The lowest BCUT2D eigenvalue weighted by atomic mass is 10.0. The number of rotatable bonds is 5. The molecule has 0 fully saturated rings. The molecule has 2 aromatic carbocycles. The first-order chi connectivity index (χ1) is 9.74. The lowest BCUT2D eigenvalue weighted by Crippen LogP contribution is -2.24. The summed E-state index contributed by atoms with van der Waals surface area (Å²) in [5.74, 6) is 0. The second-order valence-corrected chi connectivity index (χ2v) is 4.78. The fraction of sp³-hybridized carbons (Fsp3) is 0.235. The van der Waals surface area contributed by atoms with Crippen LogP contribution in [0.4, 0.5) is 0 Å². The zero-order valence-electron chi connectivity index (χ0n) is 11.5. The predicted octanol–water partition coefficient (Wildman–Crippen LogP) is 2.69. The molecule has 0 bridgehead atoms. The maximum Gasteiger partial charge on any atom is 0.0991 e. The Morgan fingerprint density at radius 2 is 1.95 bits per heavy atom. The quantitative estimate of drug-likeness (QED) is 0.874. The number of aryl methyl sites for hydroxylation is 1. The van der Waals surface area contributed by atoms with E-state index in [0.29, 0.717) is 12.1 Å². The van der Waals surface area contributed by atoms with Gasteiger partial charge in [0, 0.05) is 6.54 Å². The highest BCUT2D eigenvalue weighted by Gasteiger charge is 2.09. The van der Waals surface area contributed by atoms with Gasteiger partial charge in [0.25, 0.3) is 0 Å². The molecule has 102 valence electrons. The molecule has 0 aliphatic heterocycles. The summed E-state index contributed by atoms with van der Waals surface area (Å²) in [6.07, 6.45) is 0. The molecule has 0 aliphatic carbocycles. The van der Waals surface area contributed by atoms with E-state index in [0.717, 1.165) is 16.7 Å². The van der Waals surface area contributed by atoms with Gasteiger partial charge in [-0.2, -0.15) is 5.26 Å². The van der Waals surface area contributed by atoms with Crippen LogP contribution >= 0.6 is 0 Å². The first-order valence-corrected chi connectivity index (χ1v) is 6.63. The van der Waals surface area contributed by atoms with Crippen molar-refractivity contribution < 1.29 is 5.11 Å². The second kappa shape index (κ2) is 6.85. The number of benzene rings is 2. The molecule has 0 heterocycles. The van der Waals surface area contributed by atoms with E-state index in [1.165, 1.54) is 0 Å². The SMILES string of the molecule is Cc1cc(C#N)ccc1CNC(CO)c1ccccc1. The average Bonchev–Trinajstić information content (AvgIpc) is 2.50. The van der Waals surface area contributed by atoms with Gasteiger partial charge in [-0.05, 0) is 35.7 Å². The largest absolute Gasteiger partial charge is 0.394 e. The van der Waals surface area contributed by atoms with Crippen LogP contribution in [0.5, 0.6) is 0 Å². The first kappa shape index (κ1) is 14.3. The van der Waals surface area contributed by atoms with Crippen molar-refractivity contribution in [2.45, 2.75) is 19.5 Å². The molecule has 0 aromatic heterocycles. The van der Waals surface area contributed by atoms with Gasteiger partial charge < -0.3 is 10.4 Å². The smallest absolute Gasteiger partial charge is 0.0991 e. The fourth-order valence-corrected chi connectivity index (χ4v) is 2.17. The van der Waals surface area contributed by atoms with Gasteiger partial charge >= 0.3 is 0 Å². The number of nitrogens with zero attached hydrogens (tertiary/aromatic N) is 1. The van der Waals surface area contributed by atoms with Crippen molar-refractivity contribution in [2.24, 2.45) is 0 Å². The highest BCUT2D eigenvalue weighted by atomic mass is 16.3. The number of hydrogen-bond acceptors (Lipinski definition) is 3. The summed E-state index contributed by atoms with van der Waals surface area (Å²) in [7, 11) is 0. The van der Waals surface area contributed by atoms with Crippen molar-refractivity contribution in [3.63, 3.8) is 0 Å². The van der Waals surface area contributed by atoms with Crippen molar-refractivity contribution in [1.29, 1.82) is 5.26 Å². The molecule has 0 aliphatic rings. The van der Waals surface area contributed by atoms with Gasteiger partial charge in [0.05, 0.1) is 24.3 Å². The minimum absolute atomic E-state index is 0.0549. The van der Waals surface area contributed by atoms with E-state index in [-0.39, 0.29) is 12.6 Å². The standard InChI is InChI=1S/C17H18N2O/c1-13-9-14(10-18)7-8-16(13)11-19-17(12-20)15-5-3-2-4-6-15/h2-9,17,19-20H,11-12H2,1H3. The van der Waals surface area contributed by atoms with Crippen LogP contribution in [0, 0.1) is 18.3 Å². The Hall–Kier alpha value is -2.15. The summed E-state index contributed by atoms with van der Waals surface area (Å²) in [4.78, 5) is 0. The molecule has 0 spiro atoms. The monoisotopic (exact) mass is 266 g/mol. The summed E-state index contributed by atoms with van der Waals surface area (Å²) < 4.78 is 0. The third kappa shape index (κ3) is 3.45. The number of nitrogens with one attached hydrogen (secondary N) is 1. The van der Waals surface area contributed by atoms with Gasteiger partial charge in [-0.15, -0.1) is 0 Å². The lowest BCUT2D eigenvalue weighted by molar-refractivity contribution is 0.243. The third-order valence-electron chi connectivity index (χ3n) is 3.40. The van der Waals surface area contributed by atoms with Gasteiger partial charge in [-0.3, -0.25) is 0 Å². The van der Waals surface area contributed by atoms with Crippen LogP contribution in [0.1, 0.15) is 28.3 Å². The van der Waals surface area contributed by atoms with Gasteiger partial charge in [0.2, 0.25) is 0 Å². The molecule has 2 aromatic rings. The molecule has 20 heavy (non-hydrogen) atoms. The normalized spacial score (nSPS) is 11.8. The Kier molecular flexibility index (Phi) is 4.89. The van der Waals surface area contributed by atoms with E-state index in [4.69, 9.17) is 5.26 Å². The van der Waals surface area contributed by atoms with Gasteiger partial charge in [0.1, 0.15) is 0 Å². The predicted molar refractivity (Wildman–Crippen MR) is 79.0 cm³/mol. The molecular formula is C17H18N2O. The Labute approximate surface area is 119 Å². The highest BCUT2D eigenvalue weighted by Crippen LogP contribution is 2.15. The molecule has 3 nitrogen and oxygen atoms in total. The second-order valence-electron chi connectivity index (χ2n) is 4.78. The maximum absolute atomic E-state index is 9.50. The van der Waals surface area contributed by atoms with Crippen molar-refractivity contribution >= 4 is 0 Å². The molecule has 2 rings (SSSR count). The maximum atomic E-state index is 9.50. The van der Waals surface area contributed by atoms with Crippen LogP contribution in [-0.2, 0) is 6.54 Å². The van der Waals surface area contributed by atoms with E-state index in [1.54, 1.807) is 0 Å². The van der Waals surface area contributed by atoms with Crippen LogP contribution in [-0.4, -0.2) is 11.7 Å². The Bertz CT molecular complexity index is 602. The van der Waals surface area contributed by atoms with E-state index in [9.17, 15) is 5.11 Å². The molecule has 0 saturated heterocycles. The van der Waals surface area contributed by atoms with E-state index < -0.39 is 0 Å². The van der Waals surface area contributed by atoms with Crippen molar-refractivity contribution in [3.8, 4) is 6.07 Å². The van der Waals surface area contributed by atoms with Crippen LogP contribution in [0.25, 0.3) is 0 Å². The molecule has 3 heteroatoms. The number of hydrogen-bond donors (Lipinski definition) is 2. The average molecular weight is 266 g/mol. The van der Waals surface area contributed by atoms with Crippen LogP contribution in [0.2, 0.25) is 0 Å². The van der Waals surface area contributed by atoms with Gasteiger partial charge in [-0.25, -0.2) is 0 Å². The minimum atomic E-state index is -0.0776. The first-order valence-electron chi connectivity index (χ1n) is 6.63. The molecular weight excluding hydrogens is 248 g/mol. The minimum Gasteiger partial charge on any atom is -0.394 e. The summed E-state index contributed by atoms with van der Waals surface area (Å²) in [5, 5.41) is 21.7. The summed E-state index contributed by atoms with van der Waals surface area (Å²) in [6, 6.07) is 17.6. The number of aliphatic hydroxyl groups excluding tert-OH is 1. The number of aliphatic hydroxyl groups is 1. The fourth-order valence-electron chi connectivity index (χ4n) is 2.17. The van der Waals surface area contributed by atoms with Crippen LogP contribution in [0.15, 0.2) is 48.5 Å². The highest BCUT2D eigenvalue weighted by molar-refractivity contribution is 5.37. The van der Waals surface area contributed by atoms with Gasteiger partial charge in [-0.1, -0.05) is 36.4 Å². The van der Waals surface area contributed by atoms with E-state index in [1.807, 2.05) is 55.5 Å². The Morgan fingerprint density at radius 3 is 2.55 bits per heavy atom. The lowest BCUT2D eigenvalue weighted by Gasteiger charge is -2.17. The van der Waals surface area contributed by atoms with Crippen molar-refractivity contribution in [3.05, 3.63) is 70.8 Å². The molecule has 2 N–H and O–H groups in total. The van der Waals surface area contributed by atoms with Crippen LogP contribution < -0.4 is 5.32 Å². The molecule has 1 atom stereocenters. The van der Waals surface area contributed by atoms with Crippen LogP contribution in [0.3, 0.4) is 0 Å². The molecule has 0 amide bonds. The van der Waals surface area contributed by atoms with Crippen molar-refractivity contribution in [2.75, 3.05) is 6.61 Å². The molecule has 0 radical (unpaired) electrons. The molecule has 1 unspecified atom stereocenters. The Morgan fingerprint density at radius 1 is 1.20 bits per heavy atom. The topological polar surface area (TPSA) is 56.0 Å². The summed E-state index contributed by atoms with van der Waals surface area (Å²) >= 11 is 0. The Balaban J connectivity index is 2.06. The number of nitriles is 1. The van der Waals surface area contributed by atoms with Crippen molar-refractivity contribution in [1.82, 2.24) is 5.32 Å². The van der Waals surface area contributed by atoms with E-state index in [2.05, 4.69) is 11.4 Å². The van der Waals surface area contributed by atoms with E-state index >= 15 is 0 Å². The third-order valence-corrected chi connectivity index (χ3v) is 3.40. The summed E-state index contributed by atoms with van der Waals surface area (Å²) in [6.45, 7) is 2.71. The zero-order valence-corrected chi connectivity index (χ0v) is 11.5. The zero-order chi connectivity index (χ0) is 14.4. The summed E-state index contributed by atoms with van der Waals surface area (Å²) in [5.41, 5.74) is 3.97.